The third kappa shape index (κ3) is 3.94. The summed E-state index contributed by atoms with van der Waals surface area (Å²) in [5.74, 6) is 2.03. The van der Waals surface area contributed by atoms with Crippen LogP contribution in [0.25, 0.3) is 10.8 Å². The molecule has 7 heteroatoms. The highest BCUT2D eigenvalue weighted by Crippen LogP contribution is 2.35. The third-order valence-electron chi connectivity index (χ3n) is 4.58. The molecular formula is C22H20N2O5. The molecule has 1 amide bonds. The number of methoxy groups -OCH3 is 2. The van der Waals surface area contributed by atoms with Gasteiger partial charge in [-0.2, -0.15) is 5.10 Å². The van der Waals surface area contributed by atoms with Crippen LogP contribution < -0.4 is 24.4 Å². The normalized spacial score (nSPS) is 15.3. The highest BCUT2D eigenvalue weighted by molar-refractivity contribution is 5.88. The van der Waals surface area contributed by atoms with Gasteiger partial charge in [-0.25, -0.2) is 5.43 Å². The molecule has 1 aliphatic rings. The van der Waals surface area contributed by atoms with Crippen LogP contribution in [0.15, 0.2) is 59.7 Å². The first-order chi connectivity index (χ1) is 14.2. The molecule has 0 saturated heterocycles. The largest absolute Gasteiger partial charge is 0.497 e. The number of carbonyl (C=O) groups excluding carboxylic acids is 1. The SMILES string of the molecule is COc1ccc(OC)c(/C=N\NC(=O)[C@@H]2COc3cc4ccccc4cc3O2)c1. The highest BCUT2D eigenvalue weighted by atomic mass is 16.6. The summed E-state index contributed by atoms with van der Waals surface area (Å²) in [7, 11) is 3.14. The van der Waals surface area contributed by atoms with Crippen LogP contribution in [0.3, 0.4) is 0 Å². The van der Waals surface area contributed by atoms with E-state index in [-0.39, 0.29) is 6.61 Å². The number of benzene rings is 3. The summed E-state index contributed by atoms with van der Waals surface area (Å²) in [6, 6.07) is 17.0. The molecule has 0 aromatic heterocycles. The molecule has 0 fully saturated rings. The smallest absolute Gasteiger partial charge is 0.284 e. The zero-order valence-corrected chi connectivity index (χ0v) is 16.0. The average Bonchev–Trinajstić information content (AvgIpc) is 2.77. The third-order valence-corrected chi connectivity index (χ3v) is 4.58. The molecule has 0 bridgehead atoms. The van der Waals surface area contributed by atoms with Gasteiger partial charge in [0.2, 0.25) is 6.10 Å². The Balaban J connectivity index is 1.45. The number of ether oxygens (including phenoxy) is 4. The second-order valence-electron chi connectivity index (χ2n) is 6.41. The lowest BCUT2D eigenvalue weighted by Crippen LogP contribution is -2.42. The second kappa shape index (κ2) is 8.10. The van der Waals surface area contributed by atoms with Crippen molar-refractivity contribution in [2.75, 3.05) is 20.8 Å². The number of hydrogen-bond acceptors (Lipinski definition) is 6. The summed E-state index contributed by atoms with van der Waals surface area (Å²) in [6.07, 6.45) is 0.692. The van der Waals surface area contributed by atoms with E-state index in [1.165, 1.54) is 6.21 Å². The highest BCUT2D eigenvalue weighted by Gasteiger charge is 2.27. The number of hydrogen-bond donors (Lipinski definition) is 1. The van der Waals surface area contributed by atoms with Gasteiger partial charge in [0.05, 0.1) is 20.4 Å². The van der Waals surface area contributed by atoms with Crippen molar-refractivity contribution in [3.8, 4) is 23.0 Å². The van der Waals surface area contributed by atoms with Gasteiger partial charge in [0.15, 0.2) is 11.5 Å². The number of nitrogens with zero attached hydrogens (tertiary/aromatic N) is 1. The van der Waals surface area contributed by atoms with E-state index in [4.69, 9.17) is 18.9 Å². The topological polar surface area (TPSA) is 78.4 Å². The van der Waals surface area contributed by atoms with E-state index in [0.717, 1.165) is 10.8 Å². The molecule has 1 N–H and O–H groups in total. The first kappa shape index (κ1) is 18.6. The average molecular weight is 392 g/mol. The van der Waals surface area contributed by atoms with Gasteiger partial charge in [0.25, 0.3) is 5.91 Å². The zero-order chi connectivity index (χ0) is 20.2. The molecule has 0 aliphatic carbocycles. The van der Waals surface area contributed by atoms with Crippen molar-refractivity contribution in [2.24, 2.45) is 5.10 Å². The van der Waals surface area contributed by atoms with Crippen molar-refractivity contribution >= 4 is 22.9 Å². The lowest BCUT2D eigenvalue weighted by atomic mass is 10.1. The summed E-state index contributed by atoms with van der Waals surface area (Å²) in [4.78, 5) is 12.5. The fourth-order valence-corrected chi connectivity index (χ4v) is 3.06. The predicted molar refractivity (Wildman–Crippen MR) is 109 cm³/mol. The molecule has 29 heavy (non-hydrogen) atoms. The van der Waals surface area contributed by atoms with E-state index in [1.54, 1.807) is 32.4 Å². The number of fused-ring (bicyclic) bond motifs is 2. The summed E-state index contributed by atoms with van der Waals surface area (Å²) >= 11 is 0. The molecule has 1 atom stereocenters. The van der Waals surface area contributed by atoms with E-state index >= 15 is 0 Å². The van der Waals surface area contributed by atoms with Crippen LogP contribution in [0.5, 0.6) is 23.0 Å². The van der Waals surface area contributed by atoms with Crippen molar-refractivity contribution in [3.05, 3.63) is 60.2 Å². The van der Waals surface area contributed by atoms with Crippen LogP contribution in [-0.4, -0.2) is 39.1 Å². The molecule has 4 rings (SSSR count). The Hall–Kier alpha value is -3.74. The lowest BCUT2D eigenvalue weighted by molar-refractivity contribution is -0.130. The number of amides is 1. The molecular weight excluding hydrogens is 372 g/mol. The van der Waals surface area contributed by atoms with Crippen LogP contribution in [0.4, 0.5) is 0 Å². The van der Waals surface area contributed by atoms with E-state index in [1.807, 2.05) is 36.4 Å². The summed E-state index contributed by atoms with van der Waals surface area (Å²) in [6.45, 7) is 0.106. The molecule has 0 saturated carbocycles. The maximum atomic E-state index is 12.5. The van der Waals surface area contributed by atoms with Crippen molar-refractivity contribution in [2.45, 2.75) is 6.10 Å². The summed E-state index contributed by atoms with van der Waals surface area (Å²) < 4.78 is 22.0. The van der Waals surface area contributed by atoms with E-state index in [2.05, 4.69) is 10.5 Å². The van der Waals surface area contributed by atoms with Crippen molar-refractivity contribution in [3.63, 3.8) is 0 Å². The molecule has 7 nitrogen and oxygen atoms in total. The maximum Gasteiger partial charge on any atom is 0.284 e. The van der Waals surface area contributed by atoms with Gasteiger partial charge >= 0.3 is 0 Å². The molecule has 0 unspecified atom stereocenters. The van der Waals surface area contributed by atoms with E-state index in [0.29, 0.717) is 28.6 Å². The predicted octanol–water partition coefficient (Wildman–Crippen LogP) is 3.15. The molecule has 3 aromatic rings. The molecule has 1 aliphatic heterocycles. The van der Waals surface area contributed by atoms with Gasteiger partial charge < -0.3 is 18.9 Å². The first-order valence-corrected chi connectivity index (χ1v) is 9.05. The fourth-order valence-electron chi connectivity index (χ4n) is 3.06. The van der Waals surface area contributed by atoms with Crippen molar-refractivity contribution in [1.82, 2.24) is 5.43 Å². The molecule has 148 valence electrons. The van der Waals surface area contributed by atoms with Gasteiger partial charge in [-0.1, -0.05) is 24.3 Å². The van der Waals surface area contributed by atoms with Gasteiger partial charge in [0, 0.05) is 5.56 Å². The Morgan fingerprint density at radius 1 is 1.07 bits per heavy atom. The van der Waals surface area contributed by atoms with Gasteiger partial charge in [0.1, 0.15) is 18.1 Å². The summed E-state index contributed by atoms with van der Waals surface area (Å²) in [5, 5.41) is 6.07. The summed E-state index contributed by atoms with van der Waals surface area (Å²) in [5.41, 5.74) is 3.16. The fraction of sp³-hybridized carbons (Fsp3) is 0.182. The number of rotatable bonds is 5. The first-order valence-electron chi connectivity index (χ1n) is 9.05. The lowest BCUT2D eigenvalue weighted by Gasteiger charge is -2.25. The van der Waals surface area contributed by atoms with Crippen molar-refractivity contribution in [1.29, 1.82) is 0 Å². The number of nitrogens with one attached hydrogen (secondary N) is 1. The Bertz CT molecular complexity index is 1080. The molecule has 0 spiro atoms. The van der Waals surface area contributed by atoms with Crippen LogP contribution in [0.2, 0.25) is 0 Å². The molecule has 1 heterocycles. The Labute approximate surface area is 167 Å². The maximum absolute atomic E-state index is 12.5. The van der Waals surface area contributed by atoms with Crippen LogP contribution in [0, 0.1) is 0 Å². The van der Waals surface area contributed by atoms with Gasteiger partial charge in [-0.05, 0) is 41.1 Å². The Kier molecular flexibility index (Phi) is 5.20. The van der Waals surface area contributed by atoms with E-state index < -0.39 is 12.0 Å². The number of carbonyl (C=O) groups is 1. The molecule has 3 aromatic carbocycles. The Morgan fingerprint density at radius 3 is 2.55 bits per heavy atom. The molecule has 0 radical (unpaired) electrons. The standard InChI is InChI=1S/C22H20N2O5/c1-26-17-7-8-18(27-2)16(9-17)12-23-24-22(25)21-13-28-19-10-14-5-3-4-6-15(14)11-20(19)29-21/h3-12,21H,13H2,1-2H3,(H,24,25)/b23-12-/t21-/m0/s1. The number of hydrazone groups is 1. The van der Waals surface area contributed by atoms with Crippen molar-refractivity contribution < 1.29 is 23.7 Å². The Morgan fingerprint density at radius 2 is 1.83 bits per heavy atom. The second-order valence-corrected chi connectivity index (χ2v) is 6.41. The minimum absolute atomic E-state index is 0.106. The zero-order valence-electron chi connectivity index (χ0n) is 16.0. The minimum atomic E-state index is -0.798. The monoisotopic (exact) mass is 392 g/mol. The van der Waals surface area contributed by atoms with Gasteiger partial charge in [-0.3, -0.25) is 4.79 Å². The van der Waals surface area contributed by atoms with Crippen LogP contribution >= 0.6 is 0 Å². The van der Waals surface area contributed by atoms with Gasteiger partial charge in [-0.15, -0.1) is 0 Å². The quantitative estimate of drug-likeness (QED) is 0.533. The minimum Gasteiger partial charge on any atom is -0.497 e. The van der Waals surface area contributed by atoms with Crippen LogP contribution in [-0.2, 0) is 4.79 Å². The van der Waals surface area contributed by atoms with E-state index in [9.17, 15) is 4.79 Å². The van der Waals surface area contributed by atoms with Crippen LogP contribution in [0.1, 0.15) is 5.56 Å².